The summed E-state index contributed by atoms with van der Waals surface area (Å²) in [7, 11) is 0. The van der Waals surface area contributed by atoms with E-state index in [1.54, 1.807) is 17.8 Å². The zero-order valence-electron chi connectivity index (χ0n) is 25.1. The average Bonchev–Trinajstić information content (AvgIpc) is 3.74. The number of anilines is 2. The second-order valence-corrected chi connectivity index (χ2v) is 13.0. The zero-order chi connectivity index (χ0) is 30.0. The second-order valence-electron chi connectivity index (χ2n) is 13.0. The number of urea groups is 1. The lowest BCUT2D eigenvalue weighted by atomic mass is 9.92. The Labute approximate surface area is 246 Å². The maximum atomic E-state index is 12.6. The molecule has 7 N–H and O–H groups in total. The van der Waals surface area contributed by atoms with E-state index in [1.165, 1.54) is 0 Å². The van der Waals surface area contributed by atoms with Crippen LogP contribution in [0.25, 0.3) is 11.2 Å². The number of aromatic nitrogens is 4. The molecule has 2 aromatic heterocycles. The Morgan fingerprint density at radius 1 is 1.10 bits per heavy atom. The lowest BCUT2D eigenvalue weighted by Crippen LogP contribution is -2.47. The van der Waals surface area contributed by atoms with Gasteiger partial charge in [0.1, 0.15) is 12.2 Å². The lowest BCUT2D eigenvalue weighted by Gasteiger charge is -2.22. The fourth-order valence-electron chi connectivity index (χ4n) is 5.95. The van der Waals surface area contributed by atoms with Crippen LogP contribution in [-0.4, -0.2) is 105 Å². The van der Waals surface area contributed by atoms with E-state index in [-0.39, 0.29) is 29.4 Å². The van der Waals surface area contributed by atoms with Gasteiger partial charge in [-0.25, -0.2) is 9.78 Å². The van der Waals surface area contributed by atoms with Crippen molar-refractivity contribution >= 4 is 34.9 Å². The number of imidazole rings is 1. The smallest absolute Gasteiger partial charge is 0.315 e. The Morgan fingerprint density at radius 3 is 2.60 bits per heavy atom. The van der Waals surface area contributed by atoms with Crippen LogP contribution in [0.15, 0.2) is 6.33 Å². The number of nitrogens with zero attached hydrogens (tertiary/aromatic N) is 5. The first-order valence-electron chi connectivity index (χ1n) is 15.2. The molecule has 2 aromatic rings. The van der Waals surface area contributed by atoms with Crippen molar-refractivity contribution in [2.24, 2.45) is 5.41 Å². The third-order valence-corrected chi connectivity index (χ3v) is 8.46. The van der Waals surface area contributed by atoms with Crippen molar-refractivity contribution in [3.63, 3.8) is 0 Å². The fourth-order valence-corrected chi connectivity index (χ4v) is 5.95. The summed E-state index contributed by atoms with van der Waals surface area (Å²) in [5, 5.41) is 37.3. The number of aliphatic hydroxyl groups is 2. The van der Waals surface area contributed by atoms with Crippen LogP contribution in [0.2, 0.25) is 0 Å². The predicted molar refractivity (Wildman–Crippen MR) is 159 cm³/mol. The van der Waals surface area contributed by atoms with Gasteiger partial charge in [0.05, 0.1) is 18.4 Å². The zero-order valence-corrected chi connectivity index (χ0v) is 25.1. The van der Waals surface area contributed by atoms with E-state index in [1.807, 2.05) is 0 Å². The van der Waals surface area contributed by atoms with Crippen molar-refractivity contribution in [1.82, 2.24) is 40.8 Å². The number of amides is 3. The minimum absolute atomic E-state index is 0.0457. The summed E-state index contributed by atoms with van der Waals surface area (Å²) in [5.74, 6) is 0.934. The number of carbonyl (C=O) groups is 2. The van der Waals surface area contributed by atoms with Crippen LogP contribution in [0.3, 0.4) is 0 Å². The van der Waals surface area contributed by atoms with E-state index >= 15 is 0 Å². The first-order chi connectivity index (χ1) is 20.0. The molecule has 14 heteroatoms. The molecule has 1 saturated carbocycles. The van der Waals surface area contributed by atoms with E-state index < -0.39 is 24.3 Å². The average molecular weight is 587 g/mol. The number of rotatable bonds is 9. The van der Waals surface area contributed by atoms with Crippen LogP contribution >= 0.6 is 0 Å². The van der Waals surface area contributed by atoms with Gasteiger partial charge < -0.3 is 46.3 Å². The normalized spacial score (nSPS) is 27.9. The number of fused-ring (bicyclic) bond motifs is 1. The van der Waals surface area contributed by atoms with Crippen LogP contribution in [-0.2, 0) is 4.79 Å². The van der Waals surface area contributed by atoms with Gasteiger partial charge in [0.15, 0.2) is 17.0 Å². The number of hydrogen-bond acceptors (Lipinski definition) is 10. The molecule has 4 heterocycles. The van der Waals surface area contributed by atoms with Gasteiger partial charge in [0, 0.05) is 44.7 Å². The van der Waals surface area contributed by atoms with Gasteiger partial charge in [0.25, 0.3) is 0 Å². The van der Waals surface area contributed by atoms with Crippen LogP contribution in [0, 0.1) is 5.41 Å². The van der Waals surface area contributed by atoms with Crippen molar-refractivity contribution in [1.29, 1.82) is 0 Å². The van der Waals surface area contributed by atoms with Gasteiger partial charge >= 0.3 is 6.03 Å². The molecule has 3 fully saturated rings. The number of nitrogens with one attached hydrogen (secondary N) is 5. The highest BCUT2D eigenvalue weighted by molar-refractivity contribution is 5.84. The summed E-state index contributed by atoms with van der Waals surface area (Å²) in [6.45, 7) is 11.9. The highest BCUT2D eigenvalue weighted by Gasteiger charge is 2.44. The van der Waals surface area contributed by atoms with Gasteiger partial charge in [-0.1, -0.05) is 27.7 Å². The molecule has 0 aromatic carbocycles. The second kappa shape index (κ2) is 12.6. The van der Waals surface area contributed by atoms with Gasteiger partial charge in [-0.2, -0.15) is 9.97 Å². The molecule has 0 spiro atoms. The Hall–Kier alpha value is -3.23. The van der Waals surface area contributed by atoms with E-state index in [9.17, 15) is 19.8 Å². The summed E-state index contributed by atoms with van der Waals surface area (Å²) in [6, 6.07) is -1.16. The molecule has 6 atom stereocenters. The summed E-state index contributed by atoms with van der Waals surface area (Å²) >= 11 is 0. The first kappa shape index (κ1) is 30.2. The Morgan fingerprint density at radius 2 is 1.88 bits per heavy atom. The van der Waals surface area contributed by atoms with Crippen LogP contribution < -0.4 is 31.5 Å². The summed E-state index contributed by atoms with van der Waals surface area (Å²) in [4.78, 5) is 41.0. The lowest BCUT2D eigenvalue weighted by molar-refractivity contribution is -0.122. The Balaban J connectivity index is 1.37. The van der Waals surface area contributed by atoms with E-state index in [2.05, 4.69) is 57.2 Å². The molecule has 2 aliphatic heterocycles. The van der Waals surface area contributed by atoms with Crippen LogP contribution in [0.5, 0.6) is 0 Å². The minimum Gasteiger partial charge on any atom is -0.388 e. The largest absolute Gasteiger partial charge is 0.388 e. The monoisotopic (exact) mass is 586 g/mol. The SMILES string of the molecule is CCC(=O)N[C@H]1C[C@@H](n2cnc3c(NCCC(C)(C)C)nc(N4CC[C@@H](NC(=O)N[C@@H]5CCNC5)C4)nc32)[C@H](O)[C@H]1O. The number of hydrogen-bond donors (Lipinski definition) is 7. The summed E-state index contributed by atoms with van der Waals surface area (Å²) < 4.78 is 1.79. The standard InChI is InChI=1S/C28H46N10O4/c1-5-20(39)34-18-12-19(23(41)22(18)40)38-15-31-21-24(30-10-8-28(2,3)4)35-26(36-25(21)38)37-11-7-17(14-37)33-27(42)32-16-6-9-29-13-16/h15-19,22-23,29,40-41H,5-14H2,1-4H3,(H,34,39)(H,30,35,36)(H2,32,33,42)/t16-,17-,18+,19-,22+,23+/m1/s1. The molecule has 0 unspecified atom stereocenters. The molecule has 232 valence electrons. The topological polar surface area (TPSA) is 182 Å². The number of aliphatic hydroxyl groups excluding tert-OH is 2. The molecule has 0 bridgehead atoms. The minimum atomic E-state index is -1.11. The Bertz CT molecular complexity index is 1260. The van der Waals surface area contributed by atoms with Crippen molar-refractivity contribution in [2.75, 3.05) is 42.9 Å². The van der Waals surface area contributed by atoms with Crippen molar-refractivity contribution in [3.05, 3.63) is 6.33 Å². The van der Waals surface area contributed by atoms with Gasteiger partial charge in [-0.3, -0.25) is 4.79 Å². The Kier molecular flexibility index (Phi) is 9.04. The predicted octanol–water partition coefficient (Wildman–Crippen LogP) is 0.476. The highest BCUT2D eigenvalue weighted by atomic mass is 16.3. The van der Waals surface area contributed by atoms with Gasteiger partial charge in [0.2, 0.25) is 11.9 Å². The first-order valence-corrected chi connectivity index (χ1v) is 15.2. The maximum Gasteiger partial charge on any atom is 0.315 e. The molecule has 42 heavy (non-hydrogen) atoms. The van der Waals surface area contributed by atoms with Gasteiger partial charge in [-0.05, 0) is 37.6 Å². The fraction of sp³-hybridized carbons (Fsp3) is 0.750. The molecule has 3 amide bonds. The molecule has 14 nitrogen and oxygen atoms in total. The van der Waals surface area contributed by atoms with E-state index in [4.69, 9.17) is 9.97 Å². The van der Waals surface area contributed by atoms with Crippen molar-refractivity contribution in [2.45, 2.75) is 96.2 Å². The van der Waals surface area contributed by atoms with Gasteiger partial charge in [-0.15, -0.1) is 0 Å². The quantitative estimate of drug-likeness (QED) is 0.218. The molecular weight excluding hydrogens is 540 g/mol. The molecule has 2 saturated heterocycles. The summed E-state index contributed by atoms with van der Waals surface area (Å²) in [6.07, 6.45) is 2.66. The van der Waals surface area contributed by atoms with Crippen LogP contribution in [0.1, 0.15) is 65.8 Å². The third-order valence-electron chi connectivity index (χ3n) is 8.46. The highest BCUT2D eigenvalue weighted by Crippen LogP contribution is 2.35. The van der Waals surface area contributed by atoms with Crippen molar-refractivity contribution < 1.29 is 19.8 Å². The number of carbonyl (C=O) groups excluding carboxylic acids is 2. The molecule has 3 aliphatic rings. The van der Waals surface area contributed by atoms with Crippen LogP contribution in [0.4, 0.5) is 16.6 Å². The van der Waals surface area contributed by atoms with Crippen molar-refractivity contribution in [3.8, 4) is 0 Å². The third kappa shape index (κ3) is 6.87. The maximum absolute atomic E-state index is 12.6. The van der Waals surface area contributed by atoms with E-state index in [0.717, 1.165) is 32.4 Å². The summed E-state index contributed by atoms with van der Waals surface area (Å²) in [5.41, 5.74) is 1.25. The molecule has 1 aliphatic carbocycles. The molecule has 5 rings (SSSR count). The molecule has 0 radical (unpaired) electrons. The molecular formula is C28H46N10O4. The van der Waals surface area contributed by atoms with E-state index in [0.29, 0.717) is 55.4 Å².